The molecule has 0 radical (unpaired) electrons. The van der Waals surface area contributed by atoms with Crippen molar-refractivity contribution in [3.05, 3.63) is 29.3 Å². The molecule has 0 unspecified atom stereocenters. The van der Waals surface area contributed by atoms with Crippen molar-refractivity contribution in [1.29, 1.82) is 0 Å². The molecule has 6 heteroatoms. The van der Waals surface area contributed by atoms with Crippen LogP contribution in [0.1, 0.15) is 19.4 Å². The van der Waals surface area contributed by atoms with Gasteiger partial charge in [-0.25, -0.2) is 19.6 Å². The summed E-state index contributed by atoms with van der Waals surface area (Å²) in [7, 11) is 0. The summed E-state index contributed by atoms with van der Waals surface area (Å²) in [5.41, 5.74) is 2.34. The van der Waals surface area contributed by atoms with E-state index in [0.29, 0.717) is 5.56 Å². The minimum Gasteiger partial charge on any atom is -0.320 e. The van der Waals surface area contributed by atoms with Crippen LogP contribution in [-0.4, -0.2) is 12.0 Å². The third-order valence-corrected chi connectivity index (χ3v) is 2.05. The fourth-order valence-electron chi connectivity index (χ4n) is 1.25. The SMILES string of the molecule is Cc1ccc(F)c(NC(=NC(C)C)NN)c1F. The number of aryl methyl sites for hydroxylation is 1. The number of nitrogens with zero attached hydrogens (tertiary/aromatic N) is 1. The molecule has 0 amide bonds. The summed E-state index contributed by atoms with van der Waals surface area (Å²) >= 11 is 0. The van der Waals surface area contributed by atoms with Gasteiger partial charge in [0.2, 0.25) is 5.96 Å². The second-order valence-corrected chi connectivity index (χ2v) is 3.89. The van der Waals surface area contributed by atoms with Crippen LogP contribution in [0.15, 0.2) is 17.1 Å². The van der Waals surface area contributed by atoms with Gasteiger partial charge in [0.25, 0.3) is 0 Å². The van der Waals surface area contributed by atoms with E-state index >= 15 is 0 Å². The van der Waals surface area contributed by atoms with Gasteiger partial charge in [-0.2, -0.15) is 0 Å². The van der Waals surface area contributed by atoms with Gasteiger partial charge in [-0.05, 0) is 32.4 Å². The van der Waals surface area contributed by atoms with E-state index in [1.54, 1.807) is 6.92 Å². The summed E-state index contributed by atoms with van der Waals surface area (Å²) in [5.74, 6) is 3.98. The Morgan fingerprint density at radius 3 is 2.53 bits per heavy atom. The average molecular weight is 242 g/mol. The van der Waals surface area contributed by atoms with E-state index in [4.69, 9.17) is 5.84 Å². The smallest absolute Gasteiger partial charge is 0.210 e. The zero-order valence-corrected chi connectivity index (χ0v) is 10.0. The normalized spacial score (nSPS) is 11.8. The Kier molecular flexibility index (Phi) is 4.39. The van der Waals surface area contributed by atoms with Crippen LogP contribution in [0.2, 0.25) is 0 Å². The van der Waals surface area contributed by atoms with Crippen LogP contribution in [0.3, 0.4) is 0 Å². The number of benzene rings is 1. The molecule has 17 heavy (non-hydrogen) atoms. The van der Waals surface area contributed by atoms with Crippen LogP contribution in [0.5, 0.6) is 0 Å². The van der Waals surface area contributed by atoms with Crippen LogP contribution in [-0.2, 0) is 0 Å². The number of rotatable bonds is 2. The largest absolute Gasteiger partial charge is 0.320 e. The first-order valence-electron chi connectivity index (χ1n) is 5.21. The van der Waals surface area contributed by atoms with Gasteiger partial charge in [0.15, 0.2) is 5.82 Å². The Labute approximate surface area is 98.9 Å². The van der Waals surface area contributed by atoms with Crippen LogP contribution in [0.4, 0.5) is 14.5 Å². The molecule has 0 saturated carbocycles. The molecule has 0 heterocycles. The maximum Gasteiger partial charge on any atom is 0.210 e. The van der Waals surface area contributed by atoms with E-state index < -0.39 is 11.6 Å². The standard InChI is InChI=1S/C11H16F2N4/c1-6(2)15-11(17-14)16-10-8(12)5-4-7(3)9(10)13/h4-6H,14H2,1-3H3,(H2,15,16,17). The van der Waals surface area contributed by atoms with Gasteiger partial charge in [0.1, 0.15) is 11.5 Å². The third kappa shape index (κ3) is 3.39. The Hall–Kier alpha value is -1.69. The lowest BCUT2D eigenvalue weighted by Gasteiger charge is -2.12. The fourth-order valence-corrected chi connectivity index (χ4v) is 1.25. The molecule has 0 aliphatic carbocycles. The van der Waals surface area contributed by atoms with Crippen molar-refractivity contribution < 1.29 is 8.78 Å². The molecule has 4 nitrogen and oxygen atoms in total. The molecular weight excluding hydrogens is 226 g/mol. The van der Waals surface area contributed by atoms with Crippen molar-refractivity contribution in [1.82, 2.24) is 5.43 Å². The monoisotopic (exact) mass is 242 g/mol. The maximum absolute atomic E-state index is 13.7. The Bertz CT molecular complexity index is 430. The molecule has 0 saturated heterocycles. The predicted molar refractivity (Wildman–Crippen MR) is 64.6 cm³/mol. The van der Waals surface area contributed by atoms with Gasteiger partial charge in [-0.1, -0.05) is 6.07 Å². The molecule has 0 aliphatic heterocycles. The van der Waals surface area contributed by atoms with Gasteiger partial charge >= 0.3 is 0 Å². The molecule has 1 rings (SSSR count). The number of anilines is 1. The molecule has 0 fully saturated rings. The van der Waals surface area contributed by atoms with E-state index in [2.05, 4.69) is 15.7 Å². The highest BCUT2D eigenvalue weighted by Gasteiger charge is 2.12. The first-order chi connectivity index (χ1) is 7.95. The topological polar surface area (TPSA) is 62.4 Å². The Morgan fingerprint density at radius 1 is 1.35 bits per heavy atom. The van der Waals surface area contributed by atoms with Crippen LogP contribution >= 0.6 is 0 Å². The number of nitrogens with one attached hydrogen (secondary N) is 2. The number of nitrogens with two attached hydrogens (primary N) is 1. The molecule has 0 atom stereocenters. The Morgan fingerprint density at radius 2 is 2.00 bits per heavy atom. The highest BCUT2D eigenvalue weighted by Crippen LogP contribution is 2.21. The highest BCUT2D eigenvalue weighted by molar-refractivity contribution is 5.93. The first kappa shape index (κ1) is 13.4. The predicted octanol–water partition coefficient (Wildman–Crippen LogP) is 1.91. The summed E-state index contributed by atoms with van der Waals surface area (Å²) < 4.78 is 27.1. The van der Waals surface area contributed by atoms with Crippen molar-refractivity contribution in [2.24, 2.45) is 10.8 Å². The molecular formula is C11H16F2N4. The van der Waals surface area contributed by atoms with Crippen LogP contribution in [0, 0.1) is 18.6 Å². The molecule has 4 N–H and O–H groups in total. The van der Waals surface area contributed by atoms with Crippen molar-refractivity contribution >= 4 is 11.6 Å². The summed E-state index contributed by atoms with van der Waals surface area (Å²) in [6.07, 6.45) is 0. The number of aliphatic imine (C=N–C) groups is 1. The molecule has 0 aliphatic rings. The number of hydrogen-bond acceptors (Lipinski definition) is 2. The van der Waals surface area contributed by atoms with Gasteiger partial charge in [0.05, 0.1) is 0 Å². The van der Waals surface area contributed by atoms with E-state index in [-0.39, 0.29) is 17.7 Å². The summed E-state index contributed by atoms with van der Waals surface area (Å²) in [6.45, 7) is 5.19. The maximum atomic E-state index is 13.7. The van der Waals surface area contributed by atoms with Crippen LogP contribution in [0.25, 0.3) is 0 Å². The lowest BCUT2D eigenvalue weighted by molar-refractivity contribution is 0.585. The Balaban J connectivity index is 3.06. The van der Waals surface area contributed by atoms with Crippen molar-refractivity contribution in [2.45, 2.75) is 26.8 Å². The zero-order chi connectivity index (χ0) is 13.0. The molecule has 94 valence electrons. The minimum absolute atomic E-state index is 0.0514. The first-order valence-corrected chi connectivity index (χ1v) is 5.21. The van der Waals surface area contributed by atoms with Gasteiger partial charge in [-0.3, -0.25) is 5.43 Å². The second-order valence-electron chi connectivity index (χ2n) is 3.89. The van der Waals surface area contributed by atoms with Crippen molar-refractivity contribution in [3.8, 4) is 0 Å². The number of guanidine groups is 1. The number of halogens is 2. The van der Waals surface area contributed by atoms with Crippen molar-refractivity contribution in [3.63, 3.8) is 0 Å². The van der Waals surface area contributed by atoms with Crippen LogP contribution < -0.4 is 16.6 Å². The van der Waals surface area contributed by atoms with E-state index in [0.717, 1.165) is 0 Å². The quantitative estimate of drug-likeness (QED) is 0.321. The fraction of sp³-hybridized carbons (Fsp3) is 0.364. The third-order valence-electron chi connectivity index (χ3n) is 2.05. The lowest BCUT2D eigenvalue weighted by atomic mass is 10.2. The van der Waals surface area contributed by atoms with E-state index in [9.17, 15) is 8.78 Å². The average Bonchev–Trinajstić information content (AvgIpc) is 2.27. The molecule has 0 bridgehead atoms. The number of hydrazine groups is 1. The molecule has 0 aromatic heterocycles. The summed E-state index contributed by atoms with van der Waals surface area (Å²) in [4.78, 5) is 4.04. The van der Waals surface area contributed by atoms with Gasteiger partial charge in [-0.15, -0.1) is 0 Å². The minimum atomic E-state index is -0.695. The van der Waals surface area contributed by atoms with E-state index in [1.807, 2.05) is 13.8 Å². The highest BCUT2D eigenvalue weighted by atomic mass is 19.1. The van der Waals surface area contributed by atoms with E-state index in [1.165, 1.54) is 12.1 Å². The van der Waals surface area contributed by atoms with Gasteiger partial charge in [0, 0.05) is 6.04 Å². The zero-order valence-electron chi connectivity index (χ0n) is 10.0. The number of hydrogen-bond donors (Lipinski definition) is 3. The lowest BCUT2D eigenvalue weighted by Crippen LogP contribution is -2.37. The van der Waals surface area contributed by atoms with Gasteiger partial charge < -0.3 is 5.32 Å². The second kappa shape index (κ2) is 5.58. The summed E-state index contributed by atoms with van der Waals surface area (Å²) in [6, 6.07) is 2.50. The molecule has 1 aromatic carbocycles. The van der Waals surface area contributed by atoms with Crippen molar-refractivity contribution in [2.75, 3.05) is 5.32 Å². The molecule has 1 aromatic rings. The summed E-state index contributed by atoms with van der Waals surface area (Å²) in [5, 5.41) is 2.50. The molecule has 0 spiro atoms.